The molecular formula is C22H25N3O4S. The summed E-state index contributed by atoms with van der Waals surface area (Å²) in [7, 11) is 5.28. The van der Waals surface area contributed by atoms with Crippen LogP contribution in [0.1, 0.15) is 23.0 Å². The number of hydrogen-bond donors (Lipinski definition) is 0. The van der Waals surface area contributed by atoms with E-state index in [4.69, 9.17) is 8.83 Å². The number of ether oxygens (including phenoxy) is 1. The molecule has 0 aliphatic heterocycles. The fourth-order valence-electron chi connectivity index (χ4n) is 2.67. The van der Waals surface area contributed by atoms with Crippen LogP contribution in [0, 0.1) is 6.92 Å². The van der Waals surface area contributed by atoms with Crippen molar-refractivity contribution in [2.45, 2.75) is 13.3 Å². The van der Waals surface area contributed by atoms with Crippen LogP contribution >= 0.6 is 11.8 Å². The number of hydrogen-bond acceptors (Lipinski definition) is 8. The molecule has 0 atom stereocenters. The molecule has 3 aromatic rings. The zero-order valence-corrected chi connectivity index (χ0v) is 18.4. The van der Waals surface area contributed by atoms with Gasteiger partial charge in [0.15, 0.2) is 0 Å². The van der Waals surface area contributed by atoms with Crippen LogP contribution < -0.4 is 4.90 Å². The summed E-state index contributed by atoms with van der Waals surface area (Å²) >= 11 is 1.49. The second-order valence-corrected chi connectivity index (χ2v) is 7.83. The maximum Gasteiger partial charge on any atom is 0.315 e. The normalized spacial score (nSPS) is 11.2. The number of anilines is 1. The Hall–Kier alpha value is -3.00. The number of thioether (sulfide) groups is 1. The number of methoxy groups -OCH3 is 1. The number of esters is 1. The van der Waals surface area contributed by atoms with E-state index in [2.05, 4.69) is 14.7 Å². The third-order valence-corrected chi connectivity index (χ3v) is 5.18. The third kappa shape index (κ3) is 5.76. The highest BCUT2D eigenvalue weighted by atomic mass is 32.2. The standard InChI is InChI=1S/C22H25N3O4S/c1-15-19(24-22(28-15)16-7-10-20(23-13-16)25(2)3)12-18-9-8-17(29-18)6-5-11-30-14-21(26)27-4/h5-10,13H,11-12,14H2,1-4H3. The number of aromatic nitrogens is 2. The first-order chi connectivity index (χ1) is 14.5. The Morgan fingerprint density at radius 3 is 2.77 bits per heavy atom. The molecule has 0 saturated heterocycles. The van der Waals surface area contributed by atoms with Crippen LogP contribution in [0.4, 0.5) is 5.82 Å². The molecule has 0 spiro atoms. The fourth-order valence-corrected chi connectivity index (χ4v) is 3.30. The fraction of sp³-hybridized carbons (Fsp3) is 0.318. The third-order valence-electron chi connectivity index (χ3n) is 4.31. The molecule has 0 unspecified atom stereocenters. The highest BCUT2D eigenvalue weighted by Crippen LogP contribution is 2.24. The lowest BCUT2D eigenvalue weighted by atomic mass is 10.2. The summed E-state index contributed by atoms with van der Waals surface area (Å²) in [6, 6.07) is 7.73. The highest BCUT2D eigenvalue weighted by Gasteiger charge is 2.14. The molecule has 0 bridgehead atoms. The first-order valence-corrected chi connectivity index (χ1v) is 10.6. The summed E-state index contributed by atoms with van der Waals surface area (Å²) in [5.41, 5.74) is 1.67. The van der Waals surface area contributed by atoms with Crippen molar-refractivity contribution >= 4 is 29.6 Å². The molecule has 0 saturated carbocycles. The Balaban J connectivity index is 1.60. The van der Waals surface area contributed by atoms with Gasteiger partial charge in [0.05, 0.1) is 30.5 Å². The molecule has 7 nitrogen and oxygen atoms in total. The topological polar surface area (TPSA) is 81.6 Å². The van der Waals surface area contributed by atoms with Gasteiger partial charge in [0.1, 0.15) is 23.1 Å². The molecule has 0 aromatic carbocycles. The number of rotatable bonds is 9. The van der Waals surface area contributed by atoms with E-state index >= 15 is 0 Å². The van der Waals surface area contributed by atoms with Gasteiger partial charge in [-0.2, -0.15) is 0 Å². The number of nitrogens with zero attached hydrogens (tertiary/aromatic N) is 3. The van der Waals surface area contributed by atoms with Gasteiger partial charge in [-0.15, -0.1) is 11.8 Å². The van der Waals surface area contributed by atoms with Crippen molar-refractivity contribution < 1.29 is 18.4 Å². The van der Waals surface area contributed by atoms with Crippen LogP contribution in [-0.4, -0.2) is 48.6 Å². The molecule has 3 rings (SSSR count). The van der Waals surface area contributed by atoms with Gasteiger partial charge in [0.25, 0.3) is 0 Å². The lowest BCUT2D eigenvalue weighted by molar-refractivity contribution is -0.137. The van der Waals surface area contributed by atoms with Crippen molar-refractivity contribution in [2.24, 2.45) is 0 Å². The number of carbonyl (C=O) groups is 1. The Morgan fingerprint density at radius 1 is 1.23 bits per heavy atom. The van der Waals surface area contributed by atoms with E-state index in [0.717, 1.165) is 34.4 Å². The maximum absolute atomic E-state index is 11.1. The van der Waals surface area contributed by atoms with Crippen molar-refractivity contribution in [3.63, 3.8) is 0 Å². The first kappa shape index (κ1) is 21.7. The van der Waals surface area contributed by atoms with E-state index < -0.39 is 0 Å². The Bertz CT molecular complexity index is 1010. The molecule has 0 N–H and O–H groups in total. The maximum atomic E-state index is 11.1. The van der Waals surface area contributed by atoms with E-state index in [1.807, 2.05) is 62.3 Å². The van der Waals surface area contributed by atoms with Gasteiger partial charge in [0.2, 0.25) is 5.89 Å². The molecule has 158 valence electrons. The first-order valence-electron chi connectivity index (χ1n) is 9.46. The zero-order chi connectivity index (χ0) is 21.5. The lowest BCUT2D eigenvalue weighted by Crippen LogP contribution is -2.09. The van der Waals surface area contributed by atoms with E-state index in [1.165, 1.54) is 18.9 Å². The van der Waals surface area contributed by atoms with E-state index in [0.29, 0.717) is 23.8 Å². The van der Waals surface area contributed by atoms with E-state index in [1.54, 1.807) is 6.20 Å². The lowest BCUT2D eigenvalue weighted by Gasteiger charge is -2.10. The number of oxazole rings is 1. The number of carbonyl (C=O) groups excluding carboxylic acids is 1. The molecule has 3 heterocycles. The van der Waals surface area contributed by atoms with Crippen molar-refractivity contribution in [1.29, 1.82) is 0 Å². The second kappa shape index (κ2) is 10.2. The number of aryl methyl sites for hydroxylation is 1. The average Bonchev–Trinajstić information content (AvgIpc) is 3.34. The van der Waals surface area contributed by atoms with E-state index in [-0.39, 0.29) is 5.97 Å². The van der Waals surface area contributed by atoms with Gasteiger partial charge >= 0.3 is 5.97 Å². The molecule has 0 radical (unpaired) electrons. The summed E-state index contributed by atoms with van der Waals surface area (Å²) in [5.74, 6) is 4.57. The largest absolute Gasteiger partial charge is 0.468 e. The number of pyridine rings is 1. The molecule has 3 aromatic heterocycles. The molecule has 0 amide bonds. The van der Waals surface area contributed by atoms with Crippen molar-refractivity contribution in [3.05, 3.63) is 59.5 Å². The Morgan fingerprint density at radius 2 is 2.07 bits per heavy atom. The summed E-state index contributed by atoms with van der Waals surface area (Å²) in [5, 5.41) is 0. The Labute approximate surface area is 180 Å². The van der Waals surface area contributed by atoms with Gasteiger partial charge in [-0.05, 0) is 37.3 Å². The quantitative estimate of drug-likeness (QED) is 0.371. The molecule has 0 aliphatic rings. The summed E-state index contributed by atoms with van der Waals surface area (Å²) in [4.78, 5) is 22.1. The summed E-state index contributed by atoms with van der Waals surface area (Å²) in [6.45, 7) is 1.90. The monoisotopic (exact) mass is 427 g/mol. The van der Waals surface area contributed by atoms with Gasteiger partial charge in [-0.3, -0.25) is 4.79 Å². The second-order valence-electron chi connectivity index (χ2n) is 6.80. The van der Waals surface area contributed by atoms with Gasteiger partial charge < -0.3 is 18.5 Å². The van der Waals surface area contributed by atoms with Crippen LogP contribution in [0.25, 0.3) is 17.5 Å². The van der Waals surface area contributed by atoms with E-state index in [9.17, 15) is 4.79 Å². The van der Waals surface area contributed by atoms with Crippen LogP contribution in [-0.2, 0) is 16.0 Å². The average molecular weight is 428 g/mol. The van der Waals surface area contributed by atoms with Gasteiger partial charge in [-0.25, -0.2) is 9.97 Å². The molecular weight excluding hydrogens is 402 g/mol. The van der Waals surface area contributed by atoms with Crippen molar-refractivity contribution in [3.8, 4) is 11.5 Å². The van der Waals surface area contributed by atoms with Crippen LogP contribution in [0.5, 0.6) is 0 Å². The minimum Gasteiger partial charge on any atom is -0.468 e. The summed E-state index contributed by atoms with van der Waals surface area (Å²) in [6.07, 6.45) is 6.16. The number of furan rings is 1. The minimum atomic E-state index is -0.222. The SMILES string of the molecule is COC(=O)CSCC=Cc1ccc(Cc2nc(-c3ccc(N(C)C)nc3)oc2C)o1. The minimum absolute atomic E-state index is 0.222. The molecule has 8 heteroatoms. The Kier molecular flexibility index (Phi) is 7.35. The zero-order valence-electron chi connectivity index (χ0n) is 17.5. The predicted octanol–water partition coefficient (Wildman–Crippen LogP) is 4.21. The van der Waals surface area contributed by atoms with Crippen LogP contribution in [0.2, 0.25) is 0 Å². The van der Waals surface area contributed by atoms with Crippen molar-refractivity contribution in [2.75, 3.05) is 37.6 Å². The smallest absolute Gasteiger partial charge is 0.315 e. The van der Waals surface area contributed by atoms with Crippen molar-refractivity contribution in [1.82, 2.24) is 9.97 Å². The summed E-state index contributed by atoms with van der Waals surface area (Å²) < 4.78 is 16.3. The van der Waals surface area contributed by atoms with Gasteiger partial charge in [-0.1, -0.05) is 6.08 Å². The van der Waals surface area contributed by atoms with Crippen LogP contribution in [0.3, 0.4) is 0 Å². The van der Waals surface area contributed by atoms with Gasteiger partial charge in [0, 0.05) is 26.0 Å². The molecule has 0 aliphatic carbocycles. The molecule has 30 heavy (non-hydrogen) atoms. The highest BCUT2D eigenvalue weighted by molar-refractivity contribution is 8.00. The molecule has 0 fully saturated rings. The predicted molar refractivity (Wildman–Crippen MR) is 119 cm³/mol. The van der Waals surface area contributed by atoms with Crippen LogP contribution in [0.15, 0.2) is 45.4 Å².